The van der Waals surface area contributed by atoms with Crippen LogP contribution in [0.5, 0.6) is 0 Å². The third-order valence-electron chi connectivity index (χ3n) is 2.11. The van der Waals surface area contributed by atoms with Crippen molar-refractivity contribution < 1.29 is 0 Å². The van der Waals surface area contributed by atoms with Gasteiger partial charge in [-0.15, -0.1) is 5.10 Å². The van der Waals surface area contributed by atoms with E-state index < -0.39 is 0 Å². The molecule has 0 unspecified atom stereocenters. The van der Waals surface area contributed by atoms with Crippen molar-refractivity contribution >= 4 is 33.5 Å². The van der Waals surface area contributed by atoms with E-state index >= 15 is 0 Å². The lowest BCUT2D eigenvalue weighted by Gasteiger charge is -1.93. The van der Waals surface area contributed by atoms with Gasteiger partial charge in [-0.2, -0.15) is 9.67 Å². The second-order valence-corrected chi connectivity index (χ2v) is 4.21. The van der Waals surface area contributed by atoms with Crippen molar-refractivity contribution in [3.05, 3.63) is 24.3 Å². The third-order valence-corrected chi connectivity index (χ3v) is 3.12. The van der Waals surface area contributed by atoms with Crippen molar-refractivity contribution in [1.29, 1.82) is 0 Å². The largest absolute Gasteiger partial charge is 0.368 e. The Bertz CT molecular complexity index is 622. The van der Waals surface area contributed by atoms with Crippen LogP contribution in [0.2, 0.25) is 0 Å². The van der Waals surface area contributed by atoms with Crippen LogP contribution in [-0.4, -0.2) is 19.7 Å². The summed E-state index contributed by atoms with van der Waals surface area (Å²) < 4.78 is 2.52. The summed E-state index contributed by atoms with van der Waals surface area (Å²) >= 11 is 1.49. The number of hydrogen-bond acceptors (Lipinski definition) is 6. The molecule has 3 aromatic rings. The van der Waals surface area contributed by atoms with E-state index in [1.807, 2.05) is 24.3 Å². The summed E-state index contributed by atoms with van der Waals surface area (Å²) in [5.41, 5.74) is 12.0. The monoisotopic (exact) mass is 232 g/mol. The number of para-hydroxylation sites is 1. The Hall–Kier alpha value is -2.15. The van der Waals surface area contributed by atoms with Crippen LogP contribution in [-0.2, 0) is 0 Å². The van der Waals surface area contributed by atoms with E-state index in [4.69, 9.17) is 11.5 Å². The fourth-order valence-electron chi connectivity index (χ4n) is 1.43. The molecule has 0 radical (unpaired) electrons. The molecule has 0 saturated carbocycles. The first kappa shape index (κ1) is 9.10. The van der Waals surface area contributed by atoms with Crippen LogP contribution in [0.3, 0.4) is 0 Å². The van der Waals surface area contributed by atoms with Crippen molar-refractivity contribution in [1.82, 2.24) is 19.7 Å². The number of aromatic nitrogens is 4. The second-order valence-electron chi connectivity index (χ2n) is 3.20. The molecule has 2 aromatic heterocycles. The number of anilines is 2. The molecule has 0 bridgehead atoms. The molecular weight excluding hydrogens is 224 g/mol. The molecule has 0 aliphatic carbocycles. The molecular formula is C9H8N6S. The van der Waals surface area contributed by atoms with Crippen molar-refractivity contribution in [2.75, 3.05) is 11.5 Å². The Balaban J connectivity index is 2.22. The highest BCUT2D eigenvalue weighted by atomic mass is 32.1. The number of nitrogens with two attached hydrogens (primary N) is 2. The molecule has 6 nitrogen and oxygen atoms in total. The Morgan fingerprint density at radius 3 is 2.62 bits per heavy atom. The Morgan fingerprint density at radius 2 is 1.94 bits per heavy atom. The summed E-state index contributed by atoms with van der Waals surface area (Å²) in [7, 11) is 0. The molecule has 80 valence electrons. The lowest BCUT2D eigenvalue weighted by molar-refractivity contribution is 0.887. The van der Waals surface area contributed by atoms with Gasteiger partial charge in [0.1, 0.15) is 0 Å². The van der Waals surface area contributed by atoms with Gasteiger partial charge in [0.25, 0.3) is 0 Å². The maximum Gasteiger partial charge on any atom is 0.241 e. The first-order valence-electron chi connectivity index (χ1n) is 4.58. The van der Waals surface area contributed by atoms with Crippen LogP contribution >= 0.6 is 11.3 Å². The molecule has 0 aliphatic heterocycles. The van der Waals surface area contributed by atoms with E-state index in [9.17, 15) is 0 Å². The van der Waals surface area contributed by atoms with Crippen molar-refractivity contribution in [3.63, 3.8) is 0 Å². The van der Waals surface area contributed by atoms with Gasteiger partial charge in [-0.25, -0.2) is 4.98 Å². The van der Waals surface area contributed by atoms with Gasteiger partial charge in [0, 0.05) is 0 Å². The predicted octanol–water partition coefficient (Wildman–Crippen LogP) is 1.04. The fraction of sp³-hybridized carbons (Fsp3) is 0. The predicted molar refractivity (Wildman–Crippen MR) is 63.4 cm³/mol. The number of nitrogens with zero attached hydrogens (tertiary/aromatic N) is 4. The van der Waals surface area contributed by atoms with Crippen LogP contribution in [0.15, 0.2) is 24.3 Å². The Morgan fingerprint density at radius 1 is 1.12 bits per heavy atom. The minimum Gasteiger partial charge on any atom is -0.368 e. The van der Waals surface area contributed by atoms with Gasteiger partial charge in [0.2, 0.25) is 17.0 Å². The zero-order valence-electron chi connectivity index (χ0n) is 8.16. The Kier molecular flexibility index (Phi) is 1.80. The highest BCUT2D eigenvalue weighted by Gasteiger charge is 2.10. The quantitative estimate of drug-likeness (QED) is 0.653. The molecule has 0 saturated heterocycles. The highest BCUT2D eigenvalue weighted by molar-refractivity contribution is 7.20. The number of fused-ring (bicyclic) bond motifs is 1. The summed E-state index contributed by atoms with van der Waals surface area (Å²) in [6.45, 7) is 0. The zero-order valence-corrected chi connectivity index (χ0v) is 8.98. The molecule has 0 amide bonds. The van der Waals surface area contributed by atoms with Crippen molar-refractivity contribution in [2.45, 2.75) is 0 Å². The summed E-state index contributed by atoms with van der Waals surface area (Å²) in [6, 6.07) is 7.83. The third kappa shape index (κ3) is 1.29. The van der Waals surface area contributed by atoms with Crippen LogP contribution < -0.4 is 11.5 Å². The van der Waals surface area contributed by atoms with Crippen molar-refractivity contribution in [3.8, 4) is 5.13 Å². The van der Waals surface area contributed by atoms with E-state index in [-0.39, 0.29) is 11.9 Å². The minimum atomic E-state index is 0.150. The second kappa shape index (κ2) is 3.17. The average molecular weight is 232 g/mol. The molecule has 1 aromatic carbocycles. The lowest BCUT2D eigenvalue weighted by Crippen LogP contribution is -2.01. The van der Waals surface area contributed by atoms with Gasteiger partial charge in [-0.3, -0.25) is 0 Å². The van der Waals surface area contributed by atoms with Crippen molar-refractivity contribution in [2.24, 2.45) is 0 Å². The maximum atomic E-state index is 5.67. The van der Waals surface area contributed by atoms with Crippen LogP contribution in [0.1, 0.15) is 0 Å². The van der Waals surface area contributed by atoms with E-state index in [0.29, 0.717) is 5.13 Å². The topological polar surface area (TPSA) is 95.6 Å². The molecule has 0 fully saturated rings. The average Bonchev–Trinajstić information content (AvgIpc) is 2.81. The van der Waals surface area contributed by atoms with Gasteiger partial charge >= 0.3 is 0 Å². The van der Waals surface area contributed by atoms with Crippen LogP contribution in [0.25, 0.3) is 15.3 Å². The highest BCUT2D eigenvalue weighted by Crippen LogP contribution is 2.25. The summed E-state index contributed by atoms with van der Waals surface area (Å²) in [5.74, 6) is 0.397. The number of nitrogen functional groups attached to an aromatic ring is 2. The van der Waals surface area contributed by atoms with E-state index in [1.165, 1.54) is 16.0 Å². The van der Waals surface area contributed by atoms with Crippen LogP contribution in [0, 0.1) is 0 Å². The molecule has 0 atom stereocenters. The van der Waals surface area contributed by atoms with Gasteiger partial charge in [-0.05, 0) is 12.1 Å². The first-order valence-corrected chi connectivity index (χ1v) is 5.39. The summed E-state index contributed by atoms with van der Waals surface area (Å²) in [6.07, 6.45) is 0. The smallest absolute Gasteiger partial charge is 0.241 e. The standard InChI is InChI=1S/C9H8N6S/c10-7-13-8(11)15(14-7)9-12-5-3-1-2-4-6(5)16-9/h1-4H,(H4,10,11,13,14). The van der Waals surface area contributed by atoms with Crippen LogP contribution in [0.4, 0.5) is 11.9 Å². The van der Waals surface area contributed by atoms with E-state index in [2.05, 4.69) is 15.1 Å². The molecule has 4 N–H and O–H groups in total. The normalized spacial score (nSPS) is 11.0. The zero-order chi connectivity index (χ0) is 11.1. The number of hydrogen-bond donors (Lipinski definition) is 2. The van der Waals surface area contributed by atoms with Gasteiger partial charge in [0.15, 0.2) is 0 Å². The maximum absolute atomic E-state index is 5.67. The minimum absolute atomic E-state index is 0.150. The molecule has 0 aliphatic rings. The molecule has 16 heavy (non-hydrogen) atoms. The summed E-state index contributed by atoms with van der Waals surface area (Å²) in [5, 5.41) is 4.65. The van der Waals surface area contributed by atoms with Gasteiger partial charge in [0.05, 0.1) is 10.2 Å². The Labute approximate surface area is 94.5 Å². The lowest BCUT2D eigenvalue weighted by atomic mass is 10.3. The SMILES string of the molecule is Nc1nc(N)n(-c2nc3ccccc3s2)n1. The number of thiazole rings is 1. The molecule has 3 rings (SSSR count). The first-order chi connectivity index (χ1) is 7.74. The van der Waals surface area contributed by atoms with Gasteiger partial charge < -0.3 is 11.5 Å². The number of benzene rings is 1. The fourth-order valence-corrected chi connectivity index (χ4v) is 2.36. The van der Waals surface area contributed by atoms with E-state index in [0.717, 1.165) is 10.2 Å². The number of rotatable bonds is 1. The van der Waals surface area contributed by atoms with E-state index in [1.54, 1.807) is 0 Å². The molecule has 7 heteroatoms. The molecule has 0 spiro atoms. The molecule has 2 heterocycles. The van der Waals surface area contributed by atoms with Gasteiger partial charge in [-0.1, -0.05) is 23.5 Å². The summed E-state index contributed by atoms with van der Waals surface area (Å²) in [4.78, 5) is 8.23.